The van der Waals surface area contributed by atoms with Crippen LogP contribution >= 0.6 is 0 Å². The van der Waals surface area contributed by atoms with Crippen molar-refractivity contribution in [3.8, 4) is 0 Å². The molecule has 1 aliphatic carbocycles. The summed E-state index contributed by atoms with van der Waals surface area (Å²) in [6.45, 7) is 2.00. The monoisotopic (exact) mass is 238 g/mol. The van der Waals surface area contributed by atoms with Gasteiger partial charge in [-0.1, -0.05) is 36.4 Å². The molecule has 92 valence electrons. The van der Waals surface area contributed by atoms with E-state index in [1.165, 1.54) is 18.4 Å². The minimum atomic E-state index is 0.0491. The van der Waals surface area contributed by atoms with E-state index in [-0.39, 0.29) is 11.5 Å². The van der Waals surface area contributed by atoms with Gasteiger partial charge in [0.05, 0.1) is 0 Å². The van der Waals surface area contributed by atoms with Gasteiger partial charge in [-0.05, 0) is 37.0 Å². The molecule has 0 aliphatic heterocycles. The number of aromatic nitrogens is 1. The van der Waals surface area contributed by atoms with Gasteiger partial charge in [0.25, 0.3) is 0 Å². The van der Waals surface area contributed by atoms with Crippen molar-refractivity contribution in [2.45, 2.75) is 31.2 Å². The van der Waals surface area contributed by atoms with Crippen molar-refractivity contribution in [2.75, 3.05) is 0 Å². The smallest absolute Gasteiger partial charge is 0.0408 e. The molecular formula is C16H18N2. The van der Waals surface area contributed by atoms with Gasteiger partial charge in [0, 0.05) is 23.3 Å². The first kappa shape index (κ1) is 11.4. The number of pyridine rings is 1. The highest BCUT2D eigenvalue weighted by molar-refractivity contribution is 5.37. The molecule has 1 aromatic heterocycles. The number of hydrogen-bond acceptors (Lipinski definition) is 2. The summed E-state index contributed by atoms with van der Waals surface area (Å²) in [5, 5.41) is 0. The van der Waals surface area contributed by atoms with Crippen molar-refractivity contribution in [2.24, 2.45) is 5.73 Å². The second-order valence-electron chi connectivity index (χ2n) is 5.23. The predicted molar refractivity (Wildman–Crippen MR) is 73.3 cm³/mol. The lowest BCUT2D eigenvalue weighted by Gasteiger charge is -2.24. The number of hydrogen-bond donors (Lipinski definition) is 1. The second-order valence-corrected chi connectivity index (χ2v) is 5.23. The van der Waals surface area contributed by atoms with Crippen LogP contribution in [0.3, 0.4) is 0 Å². The molecule has 0 spiro atoms. The van der Waals surface area contributed by atoms with Crippen molar-refractivity contribution in [3.63, 3.8) is 0 Å². The summed E-state index contributed by atoms with van der Waals surface area (Å²) in [5.41, 5.74) is 10.2. The fraction of sp³-hybridized carbons (Fsp3) is 0.312. The van der Waals surface area contributed by atoms with Gasteiger partial charge >= 0.3 is 0 Å². The van der Waals surface area contributed by atoms with Gasteiger partial charge in [-0.25, -0.2) is 0 Å². The Labute approximate surface area is 108 Å². The maximum absolute atomic E-state index is 6.48. The van der Waals surface area contributed by atoms with E-state index in [9.17, 15) is 0 Å². The highest BCUT2D eigenvalue weighted by Gasteiger charge is 2.49. The highest BCUT2D eigenvalue weighted by atomic mass is 14.8. The van der Waals surface area contributed by atoms with E-state index in [1.807, 2.05) is 19.2 Å². The fourth-order valence-electron chi connectivity index (χ4n) is 2.67. The van der Waals surface area contributed by atoms with Crippen molar-refractivity contribution < 1.29 is 0 Å². The minimum absolute atomic E-state index is 0.0491. The van der Waals surface area contributed by atoms with Gasteiger partial charge in [0.15, 0.2) is 0 Å². The van der Waals surface area contributed by atoms with Crippen LogP contribution in [0.4, 0.5) is 0 Å². The van der Waals surface area contributed by atoms with Gasteiger partial charge in [0.1, 0.15) is 0 Å². The lowest BCUT2D eigenvalue weighted by molar-refractivity contribution is 0.539. The van der Waals surface area contributed by atoms with Crippen LogP contribution in [0.1, 0.15) is 35.7 Å². The molecule has 1 saturated carbocycles. The van der Waals surface area contributed by atoms with Crippen LogP contribution in [0.15, 0.2) is 48.7 Å². The Morgan fingerprint density at radius 2 is 1.83 bits per heavy atom. The van der Waals surface area contributed by atoms with Crippen molar-refractivity contribution >= 4 is 0 Å². The van der Waals surface area contributed by atoms with E-state index in [0.717, 1.165) is 11.3 Å². The quantitative estimate of drug-likeness (QED) is 0.892. The molecule has 1 aliphatic rings. The molecule has 1 aromatic carbocycles. The molecule has 2 heteroatoms. The van der Waals surface area contributed by atoms with Crippen molar-refractivity contribution in [3.05, 3.63) is 65.5 Å². The fourth-order valence-corrected chi connectivity index (χ4v) is 2.67. The zero-order valence-electron chi connectivity index (χ0n) is 10.6. The average molecular weight is 238 g/mol. The van der Waals surface area contributed by atoms with Gasteiger partial charge < -0.3 is 5.73 Å². The van der Waals surface area contributed by atoms with Gasteiger partial charge in [-0.15, -0.1) is 0 Å². The minimum Gasteiger partial charge on any atom is -0.323 e. The Bertz CT molecular complexity index is 527. The predicted octanol–water partition coefficient (Wildman–Crippen LogP) is 3.12. The molecule has 3 rings (SSSR count). The highest BCUT2D eigenvalue weighted by Crippen LogP contribution is 2.55. The molecular weight excluding hydrogens is 220 g/mol. The van der Waals surface area contributed by atoms with E-state index in [4.69, 9.17) is 5.73 Å². The number of rotatable bonds is 3. The molecule has 0 saturated heterocycles. The van der Waals surface area contributed by atoms with Crippen LogP contribution in [-0.4, -0.2) is 4.98 Å². The summed E-state index contributed by atoms with van der Waals surface area (Å²) in [6.07, 6.45) is 4.27. The van der Waals surface area contributed by atoms with Gasteiger partial charge in [0.2, 0.25) is 0 Å². The first-order valence-corrected chi connectivity index (χ1v) is 6.46. The molecule has 2 nitrogen and oxygen atoms in total. The summed E-state index contributed by atoms with van der Waals surface area (Å²) in [7, 11) is 0. The second kappa shape index (κ2) is 4.21. The van der Waals surface area contributed by atoms with E-state index in [0.29, 0.717) is 0 Å². The van der Waals surface area contributed by atoms with E-state index in [1.54, 1.807) is 0 Å². The van der Waals surface area contributed by atoms with Gasteiger partial charge in [-0.3, -0.25) is 4.98 Å². The van der Waals surface area contributed by atoms with E-state index >= 15 is 0 Å². The maximum atomic E-state index is 6.48. The lowest BCUT2D eigenvalue weighted by Crippen LogP contribution is -2.26. The summed E-state index contributed by atoms with van der Waals surface area (Å²) in [5.74, 6) is 0. The Morgan fingerprint density at radius 3 is 2.39 bits per heavy atom. The largest absolute Gasteiger partial charge is 0.323 e. The topological polar surface area (TPSA) is 38.9 Å². The number of nitrogens with zero attached hydrogens (tertiary/aromatic N) is 1. The summed E-state index contributed by atoms with van der Waals surface area (Å²) in [4.78, 5) is 4.36. The average Bonchev–Trinajstić information content (AvgIpc) is 3.21. The first-order chi connectivity index (χ1) is 8.72. The molecule has 0 bridgehead atoms. The van der Waals surface area contributed by atoms with Crippen LogP contribution < -0.4 is 5.73 Å². The Hall–Kier alpha value is -1.67. The summed E-state index contributed by atoms with van der Waals surface area (Å²) >= 11 is 0. The van der Waals surface area contributed by atoms with Crippen molar-refractivity contribution in [1.29, 1.82) is 0 Å². The molecule has 2 aromatic rings. The molecule has 2 N–H and O–H groups in total. The summed E-state index contributed by atoms with van der Waals surface area (Å²) < 4.78 is 0. The lowest BCUT2D eigenvalue weighted by atomic mass is 9.85. The molecule has 1 unspecified atom stereocenters. The van der Waals surface area contributed by atoms with Crippen LogP contribution in [0, 0.1) is 6.92 Å². The Kier molecular flexibility index (Phi) is 2.67. The van der Waals surface area contributed by atoms with Crippen LogP contribution in [0.2, 0.25) is 0 Å². The van der Waals surface area contributed by atoms with Crippen LogP contribution in [0.25, 0.3) is 0 Å². The van der Waals surface area contributed by atoms with Crippen LogP contribution in [0.5, 0.6) is 0 Å². The molecule has 0 amide bonds. The molecule has 0 radical (unpaired) electrons. The molecule has 1 heterocycles. The zero-order valence-corrected chi connectivity index (χ0v) is 10.6. The van der Waals surface area contributed by atoms with E-state index in [2.05, 4.69) is 41.4 Å². The first-order valence-electron chi connectivity index (χ1n) is 6.46. The number of nitrogens with two attached hydrogens (primary N) is 1. The Morgan fingerprint density at radius 1 is 1.11 bits per heavy atom. The van der Waals surface area contributed by atoms with Gasteiger partial charge in [-0.2, -0.15) is 0 Å². The SMILES string of the molecule is Cc1ccc(C(N)C2(c3ccccc3)CC2)cn1. The third-order valence-electron chi connectivity index (χ3n) is 4.03. The maximum Gasteiger partial charge on any atom is 0.0408 e. The van der Waals surface area contributed by atoms with Crippen LogP contribution in [-0.2, 0) is 5.41 Å². The number of benzene rings is 1. The van der Waals surface area contributed by atoms with E-state index < -0.39 is 0 Å². The standard InChI is InChI=1S/C16H18N2/c1-12-7-8-13(11-18-12)15(17)16(9-10-16)14-5-3-2-4-6-14/h2-8,11,15H,9-10,17H2,1H3. The number of aryl methyl sites for hydroxylation is 1. The molecule has 1 fully saturated rings. The molecule has 18 heavy (non-hydrogen) atoms. The van der Waals surface area contributed by atoms with Crippen molar-refractivity contribution in [1.82, 2.24) is 4.98 Å². The summed E-state index contributed by atoms with van der Waals surface area (Å²) in [6, 6.07) is 14.8. The normalized spacial score (nSPS) is 18.3. The zero-order chi connectivity index (χ0) is 12.6. The third-order valence-corrected chi connectivity index (χ3v) is 4.03. The molecule has 1 atom stereocenters. The Balaban J connectivity index is 1.93. The third kappa shape index (κ3) is 1.83.